The lowest BCUT2D eigenvalue weighted by Gasteiger charge is -1.95. The maximum absolute atomic E-state index is 9.00. The number of nitrogens with two attached hydrogens (primary N) is 2. The lowest BCUT2D eigenvalue weighted by molar-refractivity contribution is -0.134. The van der Waals surface area contributed by atoms with E-state index in [4.69, 9.17) is 43.8 Å². The van der Waals surface area contributed by atoms with E-state index in [0.717, 1.165) is 11.9 Å². The first kappa shape index (κ1) is 26.6. The molecular weight excluding hydrogens is 330 g/mol. The number of carboxylic acid groups (broad SMARTS) is 1. The van der Waals surface area contributed by atoms with E-state index in [1.165, 1.54) is 25.7 Å². The molecule has 0 atom stereocenters. The average molecular weight is 360 g/mol. The molecule has 1 aromatic rings. The second-order valence-electron chi connectivity index (χ2n) is 4.47. The number of carbonyl (C=O) groups is 1. The summed E-state index contributed by atoms with van der Waals surface area (Å²) in [5.41, 5.74) is 9.49. The summed E-state index contributed by atoms with van der Waals surface area (Å²) < 4.78 is 0. The van der Waals surface area contributed by atoms with Gasteiger partial charge in [0.15, 0.2) is 11.9 Å². The van der Waals surface area contributed by atoms with Crippen molar-refractivity contribution >= 4 is 29.5 Å². The van der Waals surface area contributed by atoms with Gasteiger partial charge in [0.05, 0.1) is 0 Å². The molecule has 0 bridgehead atoms. The normalized spacial score (nSPS) is 8.00. The Morgan fingerprint density at radius 3 is 1.54 bits per heavy atom. The van der Waals surface area contributed by atoms with Crippen molar-refractivity contribution in [2.24, 2.45) is 11.5 Å². The summed E-state index contributed by atoms with van der Waals surface area (Å²) in [4.78, 5) is 9.00. The van der Waals surface area contributed by atoms with Gasteiger partial charge < -0.3 is 16.6 Å². The molecule has 0 spiro atoms. The van der Waals surface area contributed by atoms with Gasteiger partial charge in [-0.15, -0.1) is 0 Å². The number of carboxylic acids is 1. The molecule has 8 heteroatoms. The number of hydrogen-bond donors (Lipinski definition) is 6. The topological polar surface area (TPSA) is 149 Å². The van der Waals surface area contributed by atoms with E-state index in [1.807, 2.05) is 35.6 Å². The highest BCUT2D eigenvalue weighted by Gasteiger charge is 1.83. The summed E-state index contributed by atoms with van der Waals surface area (Å²) in [7, 11) is 0. The van der Waals surface area contributed by atoms with Crippen molar-refractivity contribution in [2.75, 3.05) is 0 Å². The molecule has 0 amide bonds. The zero-order valence-electron chi connectivity index (χ0n) is 14.6. The molecule has 0 heterocycles. The van der Waals surface area contributed by atoms with Crippen molar-refractivity contribution < 1.29 is 9.90 Å². The van der Waals surface area contributed by atoms with Gasteiger partial charge in [-0.25, -0.2) is 0 Å². The molecule has 0 fully saturated rings. The molecule has 0 saturated heterocycles. The van der Waals surface area contributed by atoms with Crippen LogP contribution in [-0.2, 0) is 4.79 Å². The number of nitrogens with one attached hydrogen (secondary N) is 3. The van der Waals surface area contributed by atoms with E-state index in [9.17, 15) is 0 Å². The summed E-state index contributed by atoms with van der Waals surface area (Å²) in [6.45, 7) is 5.55. The standard InChI is InChI=1S/C6H5Cl.C6H14.C2H7N5.C2H4O2/c7-6-4-2-1-3-5-6;1-3-5-6-4-2;3-1(4)7-2(5)6;1-2(3)4/h1-5H;3-6H2,1-2H3;(H7,3,4,5,6,7);1H3,(H,3,4). The van der Waals surface area contributed by atoms with Gasteiger partial charge >= 0.3 is 0 Å². The van der Waals surface area contributed by atoms with Gasteiger partial charge in [0.2, 0.25) is 0 Å². The van der Waals surface area contributed by atoms with Crippen LogP contribution < -0.4 is 16.8 Å². The van der Waals surface area contributed by atoms with E-state index < -0.39 is 5.97 Å². The number of hydrogen-bond acceptors (Lipinski definition) is 3. The van der Waals surface area contributed by atoms with Crippen LogP contribution in [-0.4, -0.2) is 23.0 Å². The monoisotopic (exact) mass is 359 g/mol. The van der Waals surface area contributed by atoms with Crippen LogP contribution in [0, 0.1) is 10.8 Å². The third-order valence-corrected chi connectivity index (χ3v) is 2.21. The minimum Gasteiger partial charge on any atom is -0.481 e. The first-order valence-corrected chi connectivity index (χ1v) is 7.90. The fraction of sp³-hybridized carbons (Fsp3) is 0.438. The van der Waals surface area contributed by atoms with Crippen LogP contribution in [0.3, 0.4) is 0 Å². The number of halogens is 1. The van der Waals surface area contributed by atoms with Crippen molar-refractivity contribution in [3.8, 4) is 0 Å². The highest BCUT2D eigenvalue weighted by molar-refractivity contribution is 6.30. The van der Waals surface area contributed by atoms with Crippen molar-refractivity contribution in [1.29, 1.82) is 10.8 Å². The first-order valence-electron chi connectivity index (χ1n) is 7.52. The van der Waals surface area contributed by atoms with Gasteiger partial charge in [0, 0.05) is 11.9 Å². The largest absolute Gasteiger partial charge is 0.481 e. The number of benzene rings is 1. The second kappa shape index (κ2) is 20.7. The van der Waals surface area contributed by atoms with Crippen LogP contribution in [0.25, 0.3) is 0 Å². The Kier molecular flexibility index (Phi) is 23.0. The Morgan fingerprint density at radius 2 is 1.42 bits per heavy atom. The molecule has 0 aliphatic carbocycles. The van der Waals surface area contributed by atoms with Crippen molar-refractivity contribution in [2.45, 2.75) is 46.5 Å². The lowest BCUT2D eigenvalue weighted by atomic mass is 10.2. The Labute approximate surface area is 149 Å². The molecule has 1 rings (SSSR count). The van der Waals surface area contributed by atoms with E-state index in [1.54, 1.807) is 0 Å². The number of unbranched alkanes of at least 4 members (excludes halogenated alkanes) is 3. The predicted octanol–water partition coefficient (Wildman–Crippen LogP) is 3.38. The Hall–Kier alpha value is -2.28. The minimum atomic E-state index is -0.833. The van der Waals surface area contributed by atoms with Crippen LogP contribution in [0.15, 0.2) is 30.3 Å². The van der Waals surface area contributed by atoms with Crippen LogP contribution in [0.1, 0.15) is 46.5 Å². The van der Waals surface area contributed by atoms with Gasteiger partial charge in [-0.1, -0.05) is 69.3 Å². The van der Waals surface area contributed by atoms with E-state index in [0.29, 0.717) is 0 Å². The number of aliphatic carboxylic acids is 1. The molecule has 1 aromatic carbocycles. The van der Waals surface area contributed by atoms with Gasteiger partial charge in [-0.05, 0) is 12.1 Å². The van der Waals surface area contributed by atoms with Crippen molar-refractivity contribution in [1.82, 2.24) is 5.32 Å². The third-order valence-electron chi connectivity index (χ3n) is 1.96. The molecule has 0 unspecified atom stereocenters. The van der Waals surface area contributed by atoms with Crippen molar-refractivity contribution in [3.63, 3.8) is 0 Å². The van der Waals surface area contributed by atoms with E-state index in [-0.39, 0.29) is 11.9 Å². The first-order chi connectivity index (χ1) is 11.2. The molecule has 0 aliphatic rings. The lowest BCUT2D eigenvalue weighted by Crippen LogP contribution is -2.39. The average Bonchev–Trinajstić information content (AvgIpc) is 2.45. The molecule has 0 radical (unpaired) electrons. The molecule has 24 heavy (non-hydrogen) atoms. The van der Waals surface area contributed by atoms with Gasteiger partial charge in [-0.2, -0.15) is 0 Å². The second-order valence-corrected chi connectivity index (χ2v) is 4.91. The van der Waals surface area contributed by atoms with Crippen LogP contribution >= 0.6 is 11.6 Å². The van der Waals surface area contributed by atoms with Gasteiger partial charge in [0.25, 0.3) is 5.97 Å². The fourth-order valence-electron chi connectivity index (χ4n) is 1.06. The highest BCUT2D eigenvalue weighted by atomic mass is 35.5. The Morgan fingerprint density at radius 1 is 1.08 bits per heavy atom. The van der Waals surface area contributed by atoms with E-state index >= 15 is 0 Å². The third kappa shape index (κ3) is 42.7. The molecule has 138 valence electrons. The number of rotatable bonds is 3. The highest BCUT2D eigenvalue weighted by Crippen LogP contribution is 2.03. The quantitative estimate of drug-likeness (QED) is 0.278. The van der Waals surface area contributed by atoms with E-state index in [2.05, 4.69) is 13.8 Å². The Balaban J connectivity index is -0.000000250. The van der Waals surface area contributed by atoms with Crippen LogP contribution in [0.4, 0.5) is 0 Å². The maximum atomic E-state index is 9.00. The molecule has 7 nitrogen and oxygen atoms in total. The molecule has 0 aliphatic heterocycles. The molecular formula is C16H30ClN5O2. The molecule has 8 N–H and O–H groups in total. The SMILES string of the molecule is CC(=O)O.CCCCCC.Clc1ccccc1.N=C(N)NC(=N)N. The summed E-state index contributed by atoms with van der Waals surface area (Å²) in [6, 6.07) is 9.44. The number of guanidine groups is 2. The van der Waals surface area contributed by atoms with Crippen molar-refractivity contribution in [3.05, 3.63) is 35.4 Å². The molecule has 0 aromatic heterocycles. The zero-order valence-corrected chi connectivity index (χ0v) is 15.4. The van der Waals surface area contributed by atoms with Crippen LogP contribution in [0.5, 0.6) is 0 Å². The Bertz CT molecular complexity index is 421. The summed E-state index contributed by atoms with van der Waals surface area (Å²) in [5, 5.41) is 23.2. The maximum Gasteiger partial charge on any atom is 0.300 e. The summed E-state index contributed by atoms with van der Waals surface area (Å²) in [5.74, 6) is -1.46. The van der Waals surface area contributed by atoms with Gasteiger partial charge in [0.1, 0.15) is 0 Å². The van der Waals surface area contributed by atoms with Crippen LogP contribution in [0.2, 0.25) is 5.02 Å². The summed E-state index contributed by atoms with van der Waals surface area (Å²) >= 11 is 5.54. The smallest absolute Gasteiger partial charge is 0.300 e. The summed E-state index contributed by atoms with van der Waals surface area (Å²) in [6.07, 6.45) is 5.54. The van der Waals surface area contributed by atoms with Gasteiger partial charge in [-0.3, -0.25) is 20.9 Å². The zero-order chi connectivity index (χ0) is 19.4. The predicted molar refractivity (Wildman–Crippen MR) is 102 cm³/mol. The fourth-order valence-corrected chi connectivity index (χ4v) is 1.21. The molecule has 0 saturated carbocycles. The minimum absolute atomic E-state index is 0.312.